The number of hydrogen-bond acceptors (Lipinski definition) is 2. The van der Waals surface area contributed by atoms with Crippen molar-refractivity contribution in [1.82, 2.24) is 0 Å². The molecule has 0 aromatic heterocycles. The van der Waals surface area contributed by atoms with E-state index in [1.54, 1.807) is 6.92 Å². The smallest absolute Gasteiger partial charge is 0.185 e. The first-order valence-corrected chi connectivity index (χ1v) is 3.67. The first kappa shape index (κ1) is 7.69. The Kier molecular flexibility index (Phi) is 3.52. The normalized spacial score (nSPS) is 8.75. The maximum absolute atomic E-state index is 10.1. The molecule has 0 aromatic rings. The second kappa shape index (κ2) is 3.66. The number of rotatable bonds is 2. The molecule has 0 spiro atoms. The summed E-state index contributed by atoms with van der Waals surface area (Å²) in [6, 6.07) is 0. The second-order valence-electron chi connectivity index (χ2n) is 1.69. The second-order valence-corrected chi connectivity index (χ2v) is 2.85. The zero-order valence-corrected chi connectivity index (χ0v) is 5.96. The van der Waals surface area contributed by atoms with Crippen LogP contribution in [0.1, 0.15) is 26.7 Å². The highest BCUT2D eigenvalue weighted by Crippen LogP contribution is 1.86. The van der Waals surface area contributed by atoms with Crippen molar-refractivity contribution >= 4 is 15.2 Å². The van der Waals surface area contributed by atoms with Crippen LogP contribution in [0.3, 0.4) is 0 Å². The highest BCUT2D eigenvalue weighted by atomic mass is 32.2. The van der Waals surface area contributed by atoms with Gasteiger partial charge in [-0.05, 0) is 13.3 Å². The summed E-state index contributed by atoms with van der Waals surface area (Å²) in [6.45, 7) is 3.59. The van der Waals surface area contributed by atoms with Gasteiger partial charge in [0.05, 0.1) is 0 Å². The van der Waals surface area contributed by atoms with E-state index in [9.17, 15) is 8.42 Å². The van der Waals surface area contributed by atoms with Crippen LogP contribution in [0.5, 0.6) is 0 Å². The molecule has 8 heavy (non-hydrogen) atoms. The molecule has 0 saturated carbocycles. The Hall–Kier alpha value is -0.310. The molecule has 3 heteroatoms. The summed E-state index contributed by atoms with van der Waals surface area (Å²) in [7, 11) is -1.94. The molecule has 0 amide bonds. The summed E-state index contributed by atoms with van der Waals surface area (Å²) < 4.78 is 20.1. The van der Waals surface area contributed by atoms with Gasteiger partial charge in [-0.25, -0.2) is 0 Å². The largest absolute Gasteiger partial charge is 0.212 e. The summed E-state index contributed by atoms with van der Waals surface area (Å²) in [4.78, 5) is 0.549. The van der Waals surface area contributed by atoms with Crippen molar-refractivity contribution in [3.8, 4) is 0 Å². The molecular weight excluding hydrogens is 124 g/mol. The third kappa shape index (κ3) is 2.80. The number of hydrogen-bond donors (Lipinski definition) is 0. The van der Waals surface area contributed by atoms with E-state index in [0.29, 0.717) is 11.3 Å². The molecule has 0 saturated heterocycles. The van der Waals surface area contributed by atoms with Crippen molar-refractivity contribution in [1.29, 1.82) is 0 Å². The average Bonchev–Trinajstić information content (AvgIpc) is 1.67. The molecule has 0 bridgehead atoms. The molecule has 2 nitrogen and oxygen atoms in total. The van der Waals surface area contributed by atoms with E-state index in [4.69, 9.17) is 0 Å². The molecule has 0 N–H and O–H groups in total. The van der Waals surface area contributed by atoms with Gasteiger partial charge < -0.3 is 0 Å². The first-order chi connectivity index (χ1) is 3.68. The summed E-state index contributed by atoms with van der Waals surface area (Å²) >= 11 is 0. The lowest BCUT2D eigenvalue weighted by molar-refractivity contribution is 0.626. The van der Waals surface area contributed by atoms with Gasteiger partial charge in [-0.15, -0.1) is 0 Å². The van der Waals surface area contributed by atoms with Gasteiger partial charge in [-0.3, -0.25) is 0 Å². The lowest BCUT2D eigenvalue weighted by Gasteiger charge is -1.84. The molecule has 0 aliphatic heterocycles. The summed E-state index contributed by atoms with van der Waals surface area (Å²) in [5, 5.41) is 0. The summed E-state index contributed by atoms with van der Waals surface area (Å²) in [5.41, 5.74) is 0. The van der Waals surface area contributed by atoms with E-state index in [1.807, 2.05) is 6.92 Å². The Balaban J connectivity index is 4.03. The molecule has 0 rings (SSSR count). The fourth-order valence-electron chi connectivity index (χ4n) is 0.435. The predicted molar refractivity (Wildman–Crippen MR) is 34.5 cm³/mol. The zero-order chi connectivity index (χ0) is 6.57. The van der Waals surface area contributed by atoms with Crippen molar-refractivity contribution in [2.75, 3.05) is 0 Å². The van der Waals surface area contributed by atoms with Gasteiger partial charge in [0.1, 0.15) is 0 Å². The molecule has 0 radical (unpaired) electrons. The summed E-state index contributed by atoms with van der Waals surface area (Å²) in [5.74, 6) is 0. The molecule has 0 unspecified atom stereocenters. The predicted octanol–water partition coefficient (Wildman–Crippen LogP) is 0.858. The zero-order valence-electron chi connectivity index (χ0n) is 5.14. The van der Waals surface area contributed by atoms with E-state index in [0.717, 1.165) is 6.42 Å². The van der Waals surface area contributed by atoms with E-state index < -0.39 is 10.3 Å². The molecule has 0 fully saturated rings. The fraction of sp³-hybridized carbons (Fsp3) is 0.800. The van der Waals surface area contributed by atoms with Crippen molar-refractivity contribution in [3.05, 3.63) is 0 Å². The maximum atomic E-state index is 10.1. The van der Waals surface area contributed by atoms with Crippen LogP contribution in [0, 0.1) is 0 Å². The van der Waals surface area contributed by atoms with Crippen LogP contribution in [0.15, 0.2) is 0 Å². The van der Waals surface area contributed by atoms with Crippen molar-refractivity contribution in [3.63, 3.8) is 0 Å². The third-order valence-corrected chi connectivity index (χ3v) is 1.66. The average molecular weight is 134 g/mol. The lowest BCUT2D eigenvalue weighted by Crippen LogP contribution is -1.89. The molecule has 0 atom stereocenters. The Bertz CT molecular complexity index is 169. The van der Waals surface area contributed by atoms with Crippen LogP contribution in [0.4, 0.5) is 0 Å². The third-order valence-electron chi connectivity index (χ3n) is 0.887. The van der Waals surface area contributed by atoms with Crippen molar-refractivity contribution in [2.24, 2.45) is 0 Å². The minimum absolute atomic E-state index is 0.549. The van der Waals surface area contributed by atoms with Crippen LogP contribution in [0.25, 0.3) is 0 Å². The van der Waals surface area contributed by atoms with Gasteiger partial charge in [0.15, 0.2) is 0 Å². The van der Waals surface area contributed by atoms with Gasteiger partial charge in [0, 0.05) is 4.86 Å². The molecule has 0 heterocycles. The Labute approximate surface area is 51.1 Å². The maximum Gasteiger partial charge on any atom is 0.212 e. The van der Waals surface area contributed by atoms with Crippen molar-refractivity contribution in [2.45, 2.75) is 26.7 Å². The van der Waals surface area contributed by atoms with Crippen LogP contribution in [-0.4, -0.2) is 13.3 Å². The van der Waals surface area contributed by atoms with Gasteiger partial charge >= 0.3 is 0 Å². The van der Waals surface area contributed by atoms with E-state index in [2.05, 4.69) is 0 Å². The van der Waals surface area contributed by atoms with Gasteiger partial charge in [0.2, 0.25) is 10.3 Å². The first-order valence-electron chi connectivity index (χ1n) is 2.60. The van der Waals surface area contributed by atoms with Gasteiger partial charge in [-0.1, -0.05) is 13.3 Å². The Morgan fingerprint density at radius 3 is 2.12 bits per heavy atom. The molecule has 0 aromatic carbocycles. The van der Waals surface area contributed by atoms with E-state index in [-0.39, 0.29) is 0 Å². The highest BCUT2D eigenvalue weighted by molar-refractivity contribution is 7.72. The summed E-state index contributed by atoms with van der Waals surface area (Å²) in [6.07, 6.45) is 1.59. The monoisotopic (exact) mass is 134 g/mol. The standard InChI is InChI=1S/C5H10O2S/c1-3-4-5(2)8(6)7/h3-4H2,1-2H3. The SMILES string of the molecule is CCCC(C)=S(=O)=O. The topological polar surface area (TPSA) is 34.1 Å². The van der Waals surface area contributed by atoms with E-state index >= 15 is 0 Å². The molecular formula is C5H10O2S. The van der Waals surface area contributed by atoms with Crippen LogP contribution in [0.2, 0.25) is 0 Å². The molecule has 0 aliphatic rings. The minimum atomic E-state index is -1.94. The molecule has 0 aliphatic carbocycles. The lowest BCUT2D eigenvalue weighted by atomic mass is 10.3. The van der Waals surface area contributed by atoms with E-state index in [1.165, 1.54) is 0 Å². The Morgan fingerprint density at radius 1 is 1.50 bits per heavy atom. The fourth-order valence-corrected chi connectivity index (χ4v) is 0.806. The van der Waals surface area contributed by atoms with Crippen LogP contribution in [-0.2, 0) is 10.3 Å². The Morgan fingerprint density at radius 2 is 2.00 bits per heavy atom. The quantitative estimate of drug-likeness (QED) is 0.525. The molecule has 48 valence electrons. The van der Waals surface area contributed by atoms with Gasteiger partial charge in [0.25, 0.3) is 0 Å². The van der Waals surface area contributed by atoms with Crippen LogP contribution < -0.4 is 0 Å². The minimum Gasteiger partial charge on any atom is -0.185 e. The highest BCUT2D eigenvalue weighted by Gasteiger charge is 1.87. The van der Waals surface area contributed by atoms with Crippen molar-refractivity contribution < 1.29 is 8.42 Å². The van der Waals surface area contributed by atoms with Crippen LogP contribution >= 0.6 is 0 Å². The van der Waals surface area contributed by atoms with Gasteiger partial charge in [-0.2, -0.15) is 8.42 Å².